The van der Waals surface area contributed by atoms with Crippen LogP contribution in [-0.4, -0.2) is 41.3 Å². The van der Waals surface area contributed by atoms with Gasteiger partial charge in [-0.15, -0.1) is 0 Å². The molecule has 0 aliphatic rings. The fourth-order valence-electron chi connectivity index (χ4n) is 2.09. The number of aldehydes is 1. The van der Waals surface area contributed by atoms with Crippen molar-refractivity contribution in [3.05, 3.63) is 35.4 Å². The van der Waals surface area contributed by atoms with Gasteiger partial charge in [0, 0.05) is 18.6 Å². The molecule has 2 atom stereocenters. The third-order valence-corrected chi connectivity index (χ3v) is 4.03. The van der Waals surface area contributed by atoms with Gasteiger partial charge in [-0.05, 0) is 29.7 Å². The zero-order valence-electron chi connectivity index (χ0n) is 15.6. The SMILES string of the molecule is CC(C)Cc1ccc(C(C)C=O)cc1.CSCC(NC(C)=O)C(=O)O. The molecule has 0 aliphatic carbocycles. The highest BCUT2D eigenvalue weighted by molar-refractivity contribution is 7.98. The number of amides is 1. The number of carboxylic acid groups (broad SMARTS) is 1. The second-order valence-electron chi connectivity index (χ2n) is 6.31. The van der Waals surface area contributed by atoms with Crippen LogP contribution in [0.15, 0.2) is 24.3 Å². The lowest BCUT2D eigenvalue weighted by atomic mass is 9.98. The quantitative estimate of drug-likeness (QED) is 0.690. The Morgan fingerprint density at radius 2 is 1.76 bits per heavy atom. The minimum Gasteiger partial charge on any atom is -0.480 e. The molecule has 2 N–H and O–H groups in total. The first kappa shape index (κ1) is 23.2. The third kappa shape index (κ3) is 10.6. The molecule has 2 unspecified atom stereocenters. The number of benzene rings is 1. The van der Waals surface area contributed by atoms with E-state index in [1.54, 1.807) is 6.26 Å². The van der Waals surface area contributed by atoms with Crippen LogP contribution in [0.2, 0.25) is 0 Å². The second kappa shape index (κ2) is 12.5. The van der Waals surface area contributed by atoms with Crippen LogP contribution in [0.1, 0.15) is 44.7 Å². The van der Waals surface area contributed by atoms with Crippen LogP contribution in [0.4, 0.5) is 0 Å². The Bertz CT molecular complexity index is 543. The van der Waals surface area contributed by atoms with Gasteiger partial charge < -0.3 is 15.2 Å². The van der Waals surface area contributed by atoms with E-state index in [1.165, 1.54) is 24.2 Å². The summed E-state index contributed by atoms with van der Waals surface area (Å²) in [6.45, 7) is 7.64. The number of carboxylic acids is 1. The van der Waals surface area contributed by atoms with Crippen LogP contribution in [0.5, 0.6) is 0 Å². The fourth-order valence-corrected chi connectivity index (χ4v) is 2.65. The normalized spacial score (nSPS) is 12.6. The molecular formula is C19H29NO4S. The van der Waals surface area contributed by atoms with Gasteiger partial charge in [0.15, 0.2) is 0 Å². The average Bonchev–Trinajstić information content (AvgIpc) is 2.54. The molecule has 1 aromatic carbocycles. The van der Waals surface area contributed by atoms with Crippen molar-refractivity contribution in [1.82, 2.24) is 5.32 Å². The highest BCUT2D eigenvalue weighted by Gasteiger charge is 2.16. The van der Waals surface area contributed by atoms with E-state index in [0.717, 1.165) is 18.3 Å². The number of carbonyl (C=O) groups is 3. The van der Waals surface area contributed by atoms with Crippen LogP contribution in [0, 0.1) is 5.92 Å². The molecule has 25 heavy (non-hydrogen) atoms. The molecule has 0 saturated heterocycles. The van der Waals surface area contributed by atoms with Crippen LogP contribution < -0.4 is 5.32 Å². The van der Waals surface area contributed by atoms with Gasteiger partial charge in [-0.3, -0.25) is 4.79 Å². The summed E-state index contributed by atoms with van der Waals surface area (Å²) in [6, 6.07) is 7.58. The van der Waals surface area contributed by atoms with E-state index in [4.69, 9.17) is 5.11 Å². The first-order valence-electron chi connectivity index (χ1n) is 8.24. The van der Waals surface area contributed by atoms with Crippen molar-refractivity contribution in [3.8, 4) is 0 Å². The van der Waals surface area contributed by atoms with Crippen LogP contribution in [0.3, 0.4) is 0 Å². The molecule has 0 saturated carbocycles. The lowest BCUT2D eigenvalue weighted by Crippen LogP contribution is -2.41. The molecule has 0 aliphatic heterocycles. The standard InChI is InChI=1S/C13H18O.C6H11NO3S/c1-10(2)8-12-4-6-13(7-5-12)11(3)9-14;1-4(8)7-5(3-11-2)6(9)10/h4-7,9-11H,8H2,1-3H3;5H,3H2,1-2H3,(H,7,8)(H,9,10). The van der Waals surface area contributed by atoms with Crippen molar-refractivity contribution >= 4 is 29.9 Å². The third-order valence-electron chi connectivity index (χ3n) is 3.36. The predicted octanol–water partition coefficient (Wildman–Crippen LogP) is 3.13. The van der Waals surface area contributed by atoms with Gasteiger partial charge in [0.05, 0.1) is 0 Å². The van der Waals surface area contributed by atoms with Crippen molar-refractivity contribution < 1.29 is 19.5 Å². The largest absolute Gasteiger partial charge is 0.480 e. The molecule has 140 valence electrons. The first-order chi connectivity index (χ1) is 11.7. The summed E-state index contributed by atoms with van der Waals surface area (Å²) >= 11 is 1.38. The van der Waals surface area contributed by atoms with Crippen molar-refractivity contribution in [1.29, 1.82) is 0 Å². The molecule has 0 heterocycles. The molecule has 6 heteroatoms. The number of thioether (sulfide) groups is 1. The van der Waals surface area contributed by atoms with E-state index in [1.807, 2.05) is 6.92 Å². The molecule has 1 rings (SSSR count). The molecule has 0 bridgehead atoms. The second-order valence-corrected chi connectivity index (χ2v) is 7.22. The lowest BCUT2D eigenvalue weighted by molar-refractivity contribution is -0.140. The number of hydrogen-bond acceptors (Lipinski definition) is 4. The number of hydrogen-bond donors (Lipinski definition) is 2. The maximum atomic E-state index is 10.6. The highest BCUT2D eigenvalue weighted by Crippen LogP contribution is 2.15. The van der Waals surface area contributed by atoms with Crippen LogP contribution in [0.25, 0.3) is 0 Å². The Hall–Kier alpha value is -1.82. The first-order valence-corrected chi connectivity index (χ1v) is 9.63. The van der Waals surface area contributed by atoms with Gasteiger partial charge >= 0.3 is 5.97 Å². The maximum absolute atomic E-state index is 10.6. The molecule has 0 aromatic heterocycles. The fraction of sp³-hybridized carbons (Fsp3) is 0.526. The van der Waals surface area contributed by atoms with Gasteiger partial charge in [-0.1, -0.05) is 45.0 Å². The minimum absolute atomic E-state index is 0.0168. The molecule has 5 nitrogen and oxygen atoms in total. The average molecular weight is 368 g/mol. The Kier molecular flexibility index (Phi) is 11.6. The van der Waals surface area contributed by atoms with Crippen molar-refractivity contribution in [3.63, 3.8) is 0 Å². The van der Waals surface area contributed by atoms with E-state index in [-0.39, 0.29) is 11.8 Å². The zero-order chi connectivity index (χ0) is 19.4. The Balaban J connectivity index is 0.000000477. The monoisotopic (exact) mass is 367 g/mol. The van der Waals surface area contributed by atoms with E-state index in [9.17, 15) is 14.4 Å². The minimum atomic E-state index is -0.991. The number of rotatable bonds is 8. The zero-order valence-corrected chi connectivity index (χ0v) is 16.4. The summed E-state index contributed by atoms with van der Waals surface area (Å²) in [6.07, 6.45) is 3.88. The number of carbonyl (C=O) groups excluding carboxylic acids is 2. The Morgan fingerprint density at radius 1 is 1.20 bits per heavy atom. The topological polar surface area (TPSA) is 83.5 Å². The van der Waals surface area contributed by atoms with Crippen LogP contribution >= 0.6 is 11.8 Å². The van der Waals surface area contributed by atoms with Crippen molar-refractivity contribution in [2.75, 3.05) is 12.0 Å². The summed E-state index contributed by atoms with van der Waals surface area (Å²) in [4.78, 5) is 31.4. The Labute approximate surface area is 154 Å². The maximum Gasteiger partial charge on any atom is 0.327 e. The van der Waals surface area contributed by atoms with Gasteiger partial charge in [-0.2, -0.15) is 11.8 Å². The lowest BCUT2D eigenvalue weighted by Gasteiger charge is -2.10. The Morgan fingerprint density at radius 3 is 2.12 bits per heavy atom. The predicted molar refractivity (Wildman–Crippen MR) is 103 cm³/mol. The molecule has 1 amide bonds. The highest BCUT2D eigenvalue weighted by atomic mass is 32.2. The van der Waals surface area contributed by atoms with Crippen molar-refractivity contribution in [2.24, 2.45) is 5.92 Å². The summed E-state index contributed by atoms with van der Waals surface area (Å²) in [7, 11) is 0. The van der Waals surface area contributed by atoms with Gasteiger partial charge in [0.25, 0.3) is 0 Å². The molecule has 1 aromatic rings. The molecule has 0 radical (unpaired) electrons. The summed E-state index contributed by atoms with van der Waals surface area (Å²) in [5.74, 6) is -0.206. The van der Waals surface area contributed by atoms with E-state index in [2.05, 4.69) is 43.4 Å². The van der Waals surface area contributed by atoms with Gasteiger partial charge in [0.1, 0.15) is 12.3 Å². The number of nitrogens with one attached hydrogen (secondary N) is 1. The number of aliphatic carboxylic acids is 1. The van der Waals surface area contributed by atoms with E-state index >= 15 is 0 Å². The molecule has 0 fully saturated rings. The van der Waals surface area contributed by atoms with Crippen LogP contribution in [-0.2, 0) is 20.8 Å². The molecule has 0 spiro atoms. The molecular weight excluding hydrogens is 338 g/mol. The van der Waals surface area contributed by atoms with Gasteiger partial charge in [-0.25, -0.2) is 4.79 Å². The summed E-state index contributed by atoms with van der Waals surface area (Å²) in [5, 5.41) is 10.8. The van der Waals surface area contributed by atoms with Crippen molar-refractivity contribution in [2.45, 2.75) is 46.1 Å². The van der Waals surface area contributed by atoms with Gasteiger partial charge in [0.2, 0.25) is 5.91 Å². The van der Waals surface area contributed by atoms with E-state index < -0.39 is 12.0 Å². The summed E-state index contributed by atoms with van der Waals surface area (Å²) in [5.41, 5.74) is 2.45. The summed E-state index contributed by atoms with van der Waals surface area (Å²) < 4.78 is 0. The van der Waals surface area contributed by atoms with E-state index in [0.29, 0.717) is 11.7 Å². The smallest absolute Gasteiger partial charge is 0.327 e.